The molecule has 0 amide bonds. The summed E-state index contributed by atoms with van der Waals surface area (Å²) < 4.78 is 4.75. The van der Waals surface area contributed by atoms with E-state index in [0.717, 1.165) is 18.7 Å². The Labute approximate surface area is 107 Å². The van der Waals surface area contributed by atoms with Crippen molar-refractivity contribution in [3.63, 3.8) is 0 Å². The van der Waals surface area contributed by atoms with Gasteiger partial charge < -0.3 is 15.4 Å². The van der Waals surface area contributed by atoms with E-state index in [1.807, 2.05) is 18.2 Å². The second-order valence-electron chi connectivity index (χ2n) is 4.30. The third kappa shape index (κ3) is 2.64. The molecule has 18 heavy (non-hydrogen) atoms. The third-order valence-electron chi connectivity index (χ3n) is 3.06. The minimum absolute atomic E-state index is 0.167. The Morgan fingerprint density at radius 3 is 2.78 bits per heavy atom. The van der Waals surface area contributed by atoms with Crippen molar-refractivity contribution in [3.8, 4) is 0 Å². The molecule has 0 saturated heterocycles. The van der Waals surface area contributed by atoms with Gasteiger partial charge in [-0.3, -0.25) is 0 Å². The predicted molar refractivity (Wildman–Crippen MR) is 69.7 cm³/mol. The van der Waals surface area contributed by atoms with Crippen molar-refractivity contribution < 1.29 is 9.53 Å². The number of hydrogen-bond acceptors (Lipinski definition) is 4. The molecule has 1 aliphatic heterocycles. The lowest BCUT2D eigenvalue weighted by molar-refractivity contribution is -0.136. The van der Waals surface area contributed by atoms with Crippen LogP contribution in [0.4, 0.5) is 0 Å². The zero-order valence-corrected chi connectivity index (χ0v) is 10.7. The van der Waals surface area contributed by atoms with Crippen LogP contribution in [0.3, 0.4) is 0 Å². The van der Waals surface area contributed by atoms with Crippen LogP contribution in [-0.2, 0) is 9.53 Å². The Bertz CT molecular complexity index is 454. The summed E-state index contributed by atoms with van der Waals surface area (Å²) in [7, 11) is 1.40. The van der Waals surface area contributed by atoms with Crippen LogP contribution in [0.25, 0.3) is 0 Å². The summed E-state index contributed by atoms with van der Waals surface area (Å²) in [4.78, 5) is 11.6. The second-order valence-corrected chi connectivity index (χ2v) is 4.30. The normalized spacial score (nSPS) is 16.1. The SMILES string of the molecule is COC(=O)C1=C(NC(C)c2ccccc2)CCN1. The van der Waals surface area contributed by atoms with Crippen molar-refractivity contribution in [2.24, 2.45) is 0 Å². The third-order valence-corrected chi connectivity index (χ3v) is 3.06. The maximum Gasteiger partial charge on any atom is 0.355 e. The minimum atomic E-state index is -0.310. The molecule has 1 aromatic rings. The van der Waals surface area contributed by atoms with E-state index in [1.54, 1.807) is 0 Å². The van der Waals surface area contributed by atoms with Gasteiger partial charge >= 0.3 is 5.97 Å². The van der Waals surface area contributed by atoms with E-state index in [9.17, 15) is 4.79 Å². The van der Waals surface area contributed by atoms with Crippen molar-refractivity contribution in [1.29, 1.82) is 0 Å². The van der Waals surface area contributed by atoms with E-state index in [-0.39, 0.29) is 12.0 Å². The first kappa shape index (κ1) is 12.5. The summed E-state index contributed by atoms with van der Waals surface area (Å²) in [5.41, 5.74) is 2.68. The van der Waals surface area contributed by atoms with Crippen LogP contribution in [0.15, 0.2) is 41.7 Å². The molecule has 2 rings (SSSR count). The number of carbonyl (C=O) groups is 1. The molecule has 1 atom stereocenters. The van der Waals surface area contributed by atoms with Gasteiger partial charge in [0.2, 0.25) is 0 Å². The van der Waals surface area contributed by atoms with Gasteiger partial charge in [-0.25, -0.2) is 4.79 Å². The van der Waals surface area contributed by atoms with Gasteiger partial charge in [-0.05, 0) is 12.5 Å². The van der Waals surface area contributed by atoms with Crippen molar-refractivity contribution in [2.45, 2.75) is 19.4 Å². The number of hydrogen-bond donors (Lipinski definition) is 2. The van der Waals surface area contributed by atoms with Gasteiger partial charge in [0.25, 0.3) is 0 Å². The summed E-state index contributed by atoms with van der Waals surface area (Å²) in [6.07, 6.45) is 0.821. The first-order chi connectivity index (χ1) is 8.72. The lowest BCUT2D eigenvalue weighted by Crippen LogP contribution is -2.23. The molecule has 0 radical (unpaired) electrons. The number of ether oxygens (including phenoxy) is 1. The van der Waals surface area contributed by atoms with Crippen LogP contribution in [0.5, 0.6) is 0 Å². The predicted octanol–water partition coefficient (Wildman–Crippen LogP) is 1.72. The Morgan fingerprint density at radius 1 is 1.39 bits per heavy atom. The molecular formula is C14H18N2O2. The number of rotatable bonds is 4. The maximum atomic E-state index is 11.6. The highest BCUT2D eigenvalue weighted by Gasteiger charge is 2.22. The maximum absolute atomic E-state index is 11.6. The Kier molecular flexibility index (Phi) is 3.87. The lowest BCUT2D eigenvalue weighted by atomic mass is 10.1. The summed E-state index contributed by atoms with van der Waals surface area (Å²) in [5.74, 6) is -0.310. The van der Waals surface area contributed by atoms with E-state index in [0.29, 0.717) is 5.70 Å². The van der Waals surface area contributed by atoms with E-state index in [4.69, 9.17) is 4.74 Å². The number of carbonyl (C=O) groups excluding carboxylic acids is 1. The van der Waals surface area contributed by atoms with Gasteiger partial charge in [0, 0.05) is 24.7 Å². The molecule has 0 spiro atoms. The molecular weight excluding hydrogens is 228 g/mol. The summed E-state index contributed by atoms with van der Waals surface area (Å²) in [6.45, 7) is 2.85. The fourth-order valence-corrected chi connectivity index (χ4v) is 2.07. The van der Waals surface area contributed by atoms with Crippen molar-refractivity contribution in [2.75, 3.05) is 13.7 Å². The number of benzene rings is 1. The smallest absolute Gasteiger partial charge is 0.355 e. The fourth-order valence-electron chi connectivity index (χ4n) is 2.07. The van der Waals surface area contributed by atoms with Gasteiger partial charge in [0.05, 0.1) is 7.11 Å². The molecule has 0 saturated carbocycles. The molecule has 96 valence electrons. The van der Waals surface area contributed by atoms with Crippen molar-refractivity contribution >= 4 is 5.97 Å². The van der Waals surface area contributed by atoms with Crippen LogP contribution in [0.2, 0.25) is 0 Å². The van der Waals surface area contributed by atoms with Crippen LogP contribution >= 0.6 is 0 Å². The molecule has 2 N–H and O–H groups in total. The topological polar surface area (TPSA) is 50.4 Å². The van der Waals surface area contributed by atoms with E-state index >= 15 is 0 Å². The summed E-state index contributed by atoms with van der Waals surface area (Å²) in [5, 5.41) is 6.43. The van der Waals surface area contributed by atoms with E-state index < -0.39 is 0 Å². The Morgan fingerprint density at radius 2 is 2.11 bits per heavy atom. The molecule has 0 bridgehead atoms. The first-order valence-electron chi connectivity index (χ1n) is 6.09. The number of methoxy groups -OCH3 is 1. The summed E-state index contributed by atoms with van der Waals surface area (Å²) in [6, 6.07) is 10.3. The minimum Gasteiger partial charge on any atom is -0.464 e. The number of esters is 1. The molecule has 1 heterocycles. The highest BCUT2D eigenvalue weighted by molar-refractivity contribution is 5.89. The second kappa shape index (κ2) is 5.58. The van der Waals surface area contributed by atoms with Gasteiger partial charge in [-0.15, -0.1) is 0 Å². The standard InChI is InChI=1S/C14H18N2O2/c1-10(11-6-4-3-5-7-11)16-12-8-9-15-13(12)14(17)18-2/h3-7,10,15-16H,8-9H2,1-2H3. The monoisotopic (exact) mass is 246 g/mol. The van der Waals surface area contributed by atoms with Gasteiger partial charge in [-0.2, -0.15) is 0 Å². The van der Waals surface area contributed by atoms with Crippen LogP contribution < -0.4 is 10.6 Å². The Balaban J connectivity index is 2.11. The average Bonchev–Trinajstić information content (AvgIpc) is 2.87. The fraction of sp³-hybridized carbons (Fsp3) is 0.357. The number of nitrogens with one attached hydrogen (secondary N) is 2. The van der Waals surface area contributed by atoms with Gasteiger partial charge in [-0.1, -0.05) is 30.3 Å². The van der Waals surface area contributed by atoms with Crippen LogP contribution in [0.1, 0.15) is 24.9 Å². The first-order valence-corrected chi connectivity index (χ1v) is 6.09. The average molecular weight is 246 g/mol. The molecule has 4 heteroatoms. The van der Waals surface area contributed by atoms with Crippen molar-refractivity contribution in [3.05, 3.63) is 47.3 Å². The molecule has 0 aromatic heterocycles. The van der Waals surface area contributed by atoms with E-state index in [2.05, 4.69) is 29.7 Å². The molecule has 4 nitrogen and oxygen atoms in total. The zero-order valence-electron chi connectivity index (χ0n) is 10.7. The van der Waals surface area contributed by atoms with Gasteiger partial charge in [0.1, 0.15) is 5.70 Å². The molecule has 1 aliphatic rings. The highest BCUT2D eigenvalue weighted by Crippen LogP contribution is 2.18. The molecule has 0 fully saturated rings. The van der Waals surface area contributed by atoms with Crippen LogP contribution in [0, 0.1) is 0 Å². The quantitative estimate of drug-likeness (QED) is 0.794. The van der Waals surface area contributed by atoms with E-state index in [1.165, 1.54) is 12.7 Å². The summed E-state index contributed by atoms with van der Waals surface area (Å²) >= 11 is 0. The molecule has 1 unspecified atom stereocenters. The highest BCUT2D eigenvalue weighted by atomic mass is 16.5. The molecule has 0 aliphatic carbocycles. The molecule has 1 aromatic carbocycles. The largest absolute Gasteiger partial charge is 0.464 e. The van der Waals surface area contributed by atoms with Crippen LogP contribution in [-0.4, -0.2) is 19.6 Å². The van der Waals surface area contributed by atoms with Crippen molar-refractivity contribution in [1.82, 2.24) is 10.6 Å². The lowest BCUT2D eigenvalue weighted by Gasteiger charge is -2.17. The van der Waals surface area contributed by atoms with Gasteiger partial charge in [0.15, 0.2) is 0 Å². The Hall–Kier alpha value is -1.97. The zero-order chi connectivity index (χ0) is 13.0.